The van der Waals surface area contributed by atoms with E-state index in [2.05, 4.69) is 0 Å². The topological polar surface area (TPSA) is 338 Å². The standard InChI is InChI=1S/C23H42N4O15/c24-5-1-6(25)18(40-21-10(26)15(34)13(32)7(2-28)37-21)20(12(5)31)42-23-17(36)19(9(4-30)39-23)41-22-11(27)16(35)14(33)8(3-29)38-22/h3,5-23,28,30-36H,1-2,4,24-27H2/t5-,6+,7-,8+,9-,10-,11-,12+,13-,14-,15-,16-,17-,18-,19-,20-,21-,22-,23+/m1/s1. The van der Waals surface area contributed by atoms with Gasteiger partial charge >= 0.3 is 0 Å². The largest absolute Gasteiger partial charge is 0.394 e. The molecule has 4 rings (SSSR count). The summed E-state index contributed by atoms with van der Waals surface area (Å²) in [5.74, 6) is 0. The van der Waals surface area contributed by atoms with Crippen LogP contribution < -0.4 is 22.9 Å². The molecule has 19 atom stereocenters. The van der Waals surface area contributed by atoms with E-state index in [0.29, 0.717) is 0 Å². The summed E-state index contributed by atoms with van der Waals surface area (Å²) in [4.78, 5) is 11.3. The van der Waals surface area contributed by atoms with Gasteiger partial charge in [-0.15, -0.1) is 0 Å². The average molecular weight is 615 g/mol. The van der Waals surface area contributed by atoms with Gasteiger partial charge in [-0.1, -0.05) is 0 Å². The fourth-order valence-electron chi connectivity index (χ4n) is 5.57. The molecule has 0 spiro atoms. The van der Waals surface area contributed by atoms with Crippen molar-refractivity contribution in [2.24, 2.45) is 22.9 Å². The second-order valence-corrected chi connectivity index (χ2v) is 11.0. The summed E-state index contributed by atoms with van der Waals surface area (Å²) in [5.41, 5.74) is 24.2. The summed E-state index contributed by atoms with van der Waals surface area (Å²) in [6, 6.07) is -4.46. The molecule has 19 nitrogen and oxygen atoms in total. The van der Waals surface area contributed by atoms with Gasteiger partial charge in [0.1, 0.15) is 67.1 Å². The number of ether oxygens (including phenoxy) is 6. The van der Waals surface area contributed by atoms with Crippen molar-refractivity contribution in [3.8, 4) is 0 Å². The van der Waals surface area contributed by atoms with E-state index in [0.717, 1.165) is 0 Å². The number of rotatable bonds is 9. The number of nitrogens with two attached hydrogens (primary N) is 4. The second-order valence-electron chi connectivity index (χ2n) is 11.0. The van der Waals surface area contributed by atoms with Crippen LogP contribution in [0.2, 0.25) is 0 Å². The Morgan fingerprint density at radius 3 is 1.71 bits per heavy atom. The highest BCUT2D eigenvalue weighted by atomic mass is 16.8. The van der Waals surface area contributed by atoms with Gasteiger partial charge in [-0.25, -0.2) is 0 Å². The molecule has 244 valence electrons. The smallest absolute Gasteiger partial charge is 0.187 e. The van der Waals surface area contributed by atoms with Gasteiger partial charge < -0.3 is 97.0 Å². The van der Waals surface area contributed by atoms with Crippen LogP contribution in [-0.4, -0.2) is 177 Å². The van der Waals surface area contributed by atoms with Gasteiger partial charge in [-0.2, -0.15) is 0 Å². The Bertz CT molecular complexity index is 895. The summed E-state index contributed by atoms with van der Waals surface area (Å²) >= 11 is 0. The van der Waals surface area contributed by atoms with Crippen LogP contribution in [-0.2, 0) is 33.2 Å². The lowest BCUT2D eigenvalue weighted by Gasteiger charge is -2.47. The molecule has 0 radical (unpaired) electrons. The van der Waals surface area contributed by atoms with Gasteiger partial charge in [-0.3, -0.25) is 0 Å². The van der Waals surface area contributed by atoms with E-state index in [-0.39, 0.29) is 12.7 Å². The first-order valence-electron chi connectivity index (χ1n) is 13.5. The first-order valence-corrected chi connectivity index (χ1v) is 13.5. The predicted molar refractivity (Wildman–Crippen MR) is 133 cm³/mol. The highest BCUT2D eigenvalue weighted by molar-refractivity contribution is 5.57. The summed E-state index contributed by atoms with van der Waals surface area (Å²) in [6.45, 7) is -1.37. The second kappa shape index (κ2) is 13.9. The number of aliphatic hydroxyl groups is 8. The van der Waals surface area contributed by atoms with E-state index in [1.54, 1.807) is 0 Å². The molecule has 4 aliphatic rings. The molecular weight excluding hydrogens is 572 g/mol. The van der Waals surface area contributed by atoms with Gasteiger partial charge in [0.2, 0.25) is 0 Å². The molecule has 0 unspecified atom stereocenters. The third kappa shape index (κ3) is 6.49. The van der Waals surface area contributed by atoms with Gasteiger partial charge in [0, 0.05) is 12.1 Å². The lowest BCUT2D eigenvalue weighted by atomic mass is 9.84. The van der Waals surface area contributed by atoms with Crippen molar-refractivity contribution < 1.29 is 74.1 Å². The summed E-state index contributed by atoms with van der Waals surface area (Å²) in [7, 11) is 0. The number of carbonyl (C=O) groups excluding carboxylic acids is 1. The van der Waals surface area contributed by atoms with E-state index in [9.17, 15) is 45.6 Å². The zero-order valence-corrected chi connectivity index (χ0v) is 22.4. The fraction of sp³-hybridized carbons (Fsp3) is 0.957. The molecule has 42 heavy (non-hydrogen) atoms. The Morgan fingerprint density at radius 2 is 1.12 bits per heavy atom. The summed E-state index contributed by atoms with van der Waals surface area (Å²) < 4.78 is 33.9. The van der Waals surface area contributed by atoms with E-state index in [1.165, 1.54) is 0 Å². The predicted octanol–water partition coefficient (Wildman–Crippen LogP) is -8.62. The van der Waals surface area contributed by atoms with Gasteiger partial charge in [0.15, 0.2) is 25.2 Å². The van der Waals surface area contributed by atoms with E-state index in [4.69, 9.17) is 51.4 Å². The number of hydrogen-bond acceptors (Lipinski definition) is 19. The van der Waals surface area contributed by atoms with E-state index in [1.807, 2.05) is 0 Å². The van der Waals surface area contributed by atoms with Crippen LogP contribution in [0.3, 0.4) is 0 Å². The highest BCUT2D eigenvalue weighted by Gasteiger charge is 2.54. The van der Waals surface area contributed by atoms with Gasteiger partial charge in [0.05, 0.1) is 31.4 Å². The molecular formula is C23H42N4O15. The Labute approximate surface area is 239 Å². The molecule has 4 fully saturated rings. The van der Waals surface area contributed by atoms with Crippen LogP contribution in [0.1, 0.15) is 6.42 Å². The molecule has 1 saturated carbocycles. The molecule has 3 saturated heterocycles. The van der Waals surface area contributed by atoms with Crippen molar-refractivity contribution in [3.63, 3.8) is 0 Å². The zero-order chi connectivity index (χ0) is 31.0. The van der Waals surface area contributed by atoms with Crippen LogP contribution in [0.4, 0.5) is 0 Å². The first kappa shape index (κ1) is 33.8. The highest BCUT2D eigenvalue weighted by Crippen LogP contribution is 2.34. The van der Waals surface area contributed by atoms with Crippen LogP contribution in [0.15, 0.2) is 0 Å². The molecule has 3 heterocycles. The molecule has 0 aromatic heterocycles. The maximum Gasteiger partial charge on any atom is 0.187 e. The van der Waals surface area contributed by atoms with E-state index < -0.39 is 129 Å². The Kier molecular flexibility index (Phi) is 11.2. The molecule has 0 bridgehead atoms. The lowest BCUT2D eigenvalue weighted by Crippen LogP contribution is -2.68. The Balaban J connectivity index is 1.50. The van der Waals surface area contributed by atoms with Gasteiger partial charge in [0.25, 0.3) is 0 Å². The summed E-state index contributed by atoms with van der Waals surface area (Å²) in [6.07, 6.45) is -21.7. The van der Waals surface area contributed by atoms with Crippen LogP contribution >= 0.6 is 0 Å². The minimum Gasteiger partial charge on any atom is -0.394 e. The minimum atomic E-state index is -1.68. The van der Waals surface area contributed by atoms with Crippen molar-refractivity contribution in [2.75, 3.05) is 13.2 Å². The molecule has 19 heteroatoms. The van der Waals surface area contributed by atoms with Crippen LogP contribution in [0.5, 0.6) is 0 Å². The lowest BCUT2D eigenvalue weighted by molar-refractivity contribution is -0.310. The third-order valence-electron chi connectivity index (χ3n) is 8.16. The van der Waals surface area contributed by atoms with Crippen LogP contribution in [0.25, 0.3) is 0 Å². The average Bonchev–Trinajstić information content (AvgIpc) is 3.27. The molecule has 3 aliphatic heterocycles. The maximum absolute atomic E-state index is 11.3. The number of aliphatic hydroxyl groups excluding tert-OH is 8. The Morgan fingerprint density at radius 1 is 0.595 bits per heavy atom. The summed E-state index contributed by atoms with van der Waals surface area (Å²) in [5, 5.41) is 81.9. The quantitative estimate of drug-likeness (QED) is 0.107. The third-order valence-corrected chi connectivity index (χ3v) is 8.16. The maximum atomic E-state index is 11.3. The molecule has 0 aromatic rings. The molecule has 16 N–H and O–H groups in total. The van der Waals surface area contributed by atoms with Crippen LogP contribution in [0, 0.1) is 0 Å². The monoisotopic (exact) mass is 614 g/mol. The molecule has 1 aliphatic carbocycles. The van der Waals surface area contributed by atoms with Crippen molar-refractivity contribution in [2.45, 2.75) is 123 Å². The Hall–Kier alpha value is -1.05. The normalized spacial score (nSPS) is 53.7. The number of carbonyl (C=O) groups is 1. The fourth-order valence-corrected chi connectivity index (χ4v) is 5.57. The zero-order valence-electron chi connectivity index (χ0n) is 22.4. The van der Waals surface area contributed by atoms with Crippen molar-refractivity contribution in [1.29, 1.82) is 0 Å². The minimum absolute atomic E-state index is 0.0460. The number of hydrogen-bond donors (Lipinski definition) is 12. The van der Waals surface area contributed by atoms with Crippen molar-refractivity contribution in [3.05, 3.63) is 0 Å². The van der Waals surface area contributed by atoms with Crippen molar-refractivity contribution in [1.82, 2.24) is 0 Å². The van der Waals surface area contributed by atoms with Crippen molar-refractivity contribution >= 4 is 6.29 Å². The van der Waals surface area contributed by atoms with E-state index >= 15 is 0 Å². The SMILES string of the molecule is N[C@H]1[C@@H](O[C@H]2[C@@H](O)[C@H](O[C@@H]3[C@@H](O)[C@H](N)C[C@H](N)[C@H]3O[C@H]3O[C@H](CO)[C@@H](O)[C@H](O)[C@H]3N)O[C@@H]2CO)O[C@@H](C=O)[C@@H](O)[C@@H]1O. The number of aldehydes is 1. The van der Waals surface area contributed by atoms with Gasteiger partial charge in [-0.05, 0) is 6.42 Å². The molecule has 0 amide bonds. The molecule has 0 aromatic carbocycles. The first-order chi connectivity index (χ1) is 19.8.